The van der Waals surface area contributed by atoms with Crippen molar-refractivity contribution in [1.82, 2.24) is 8.87 Å². The zero-order valence-electron chi connectivity index (χ0n) is 18.0. The van der Waals surface area contributed by atoms with E-state index >= 15 is 0 Å². The first-order chi connectivity index (χ1) is 14.6. The topological polar surface area (TPSA) is 109 Å². The van der Waals surface area contributed by atoms with E-state index in [0.29, 0.717) is 18.8 Å². The van der Waals surface area contributed by atoms with Gasteiger partial charge in [0.15, 0.2) is 0 Å². The third-order valence-corrected chi connectivity index (χ3v) is 7.89. The molecule has 31 heavy (non-hydrogen) atoms. The van der Waals surface area contributed by atoms with Crippen LogP contribution in [0.5, 0.6) is 0 Å². The molecule has 0 spiro atoms. The van der Waals surface area contributed by atoms with Crippen molar-refractivity contribution in [2.45, 2.75) is 43.9 Å². The van der Waals surface area contributed by atoms with Crippen LogP contribution < -0.4 is 5.32 Å². The van der Waals surface area contributed by atoms with E-state index in [2.05, 4.69) is 19.2 Å². The Morgan fingerprint density at radius 3 is 2.32 bits per heavy atom. The lowest BCUT2D eigenvalue weighted by Crippen LogP contribution is -2.41. The lowest BCUT2D eigenvalue weighted by Gasteiger charge is -2.30. The molecule has 0 radical (unpaired) electrons. The number of carboxylic acids is 1. The number of amides is 1. The van der Waals surface area contributed by atoms with Gasteiger partial charge in [-0.15, -0.1) is 0 Å². The van der Waals surface area contributed by atoms with E-state index in [1.807, 2.05) is 24.3 Å². The van der Waals surface area contributed by atoms with Crippen molar-refractivity contribution >= 4 is 27.6 Å². The highest BCUT2D eigenvalue weighted by Crippen LogP contribution is 2.26. The van der Waals surface area contributed by atoms with Crippen LogP contribution in [0.25, 0.3) is 0 Å². The van der Waals surface area contributed by atoms with Gasteiger partial charge in [-0.25, -0.2) is 13.2 Å². The first-order valence-electron chi connectivity index (χ1n) is 10.4. The number of hydrogen-bond acceptors (Lipinski definition) is 4. The Balaban J connectivity index is 1.60. The van der Waals surface area contributed by atoms with Gasteiger partial charge in [-0.05, 0) is 48.9 Å². The van der Waals surface area contributed by atoms with E-state index in [1.54, 1.807) is 0 Å². The SMILES string of the molecule is CCC(C)c1ccc(NC(=O)C2CCN(S(=O)(=O)c3cc(C(=O)O)n(C)c3)CC2)cc1. The second-order valence-corrected chi connectivity index (χ2v) is 10.0. The number of nitrogens with zero attached hydrogens (tertiary/aromatic N) is 2. The molecule has 1 amide bonds. The van der Waals surface area contributed by atoms with Crippen molar-refractivity contribution in [3.8, 4) is 0 Å². The van der Waals surface area contributed by atoms with Gasteiger partial charge in [0, 0.05) is 37.9 Å². The quantitative estimate of drug-likeness (QED) is 0.677. The van der Waals surface area contributed by atoms with Gasteiger partial charge in [-0.1, -0.05) is 26.0 Å². The third-order valence-electron chi connectivity index (χ3n) is 6.02. The maximum atomic E-state index is 12.9. The van der Waals surface area contributed by atoms with Crippen molar-refractivity contribution in [2.75, 3.05) is 18.4 Å². The minimum absolute atomic E-state index is 0.0447. The summed E-state index contributed by atoms with van der Waals surface area (Å²) < 4.78 is 28.3. The number of sulfonamides is 1. The Hall–Kier alpha value is -2.65. The lowest BCUT2D eigenvalue weighted by molar-refractivity contribution is -0.120. The van der Waals surface area contributed by atoms with Crippen LogP contribution in [0.1, 0.15) is 55.1 Å². The third kappa shape index (κ3) is 4.99. The van der Waals surface area contributed by atoms with Crippen LogP contribution in [-0.4, -0.2) is 47.4 Å². The second kappa shape index (κ2) is 9.23. The number of aryl methyl sites for hydroxylation is 1. The summed E-state index contributed by atoms with van der Waals surface area (Å²) in [6.45, 7) is 4.72. The summed E-state index contributed by atoms with van der Waals surface area (Å²) in [5, 5.41) is 12.1. The predicted molar refractivity (Wildman–Crippen MR) is 118 cm³/mol. The maximum Gasteiger partial charge on any atom is 0.352 e. The van der Waals surface area contributed by atoms with Gasteiger partial charge in [0.25, 0.3) is 0 Å². The Kier molecular flexibility index (Phi) is 6.86. The van der Waals surface area contributed by atoms with Crippen molar-refractivity contribution in [3.05, 3.63) is 47.8 Å². The fraction of sp³-hybridized carbons (Fsp3) is 0.455. The minimum atomic E-state index is -3.80. The predicted octanol–water partition coefficient (Wildman–Crippen LogP) is 3.28. The van der Waals surface area contributed by atoms with Crippen LogP contribution in [0.3, 0.4) is 0 Å². The molecule has 2 N–H and O–H groups in total. The maximum absolute atomic E-state index is 12.9. The Morgan fingerprint density at radius 1 is 1.19 bits per heavy atom. The first-order valence-corrected chi connectivity index (χ1v) is 11.9. The molecule has 1 atom stereocenters. The zero-order valence-corrected chi connectivity index (χ0v) is 18.9. The van der Waals surface area contributed by atoms with Crippen LogP contribution in [0.4, 0.5) is 5.69 Å². The summed E-state index contributed by atoms with van der Waals surface area (Å²) in [6, 6.07) is 9.00. The van der Waals surface area contributed by atoms with Crippen molar-refractivity contribution in [2.24, 2.45) is 13.0 Å². The summed E-state index contributed by atoms with van der Waals surface area (Å²) >= 11 is 0. The molecular formula is C22H29N3O5S. The molecule has 2 heterocycles. The first kappa shape index (κ1) is 23.0. The fourth-order valence-electron chi connectivity index (χ4n) is 3.77. The second-order valence-electron chi connectivity index (χ2n) is 8.08. The molecule has 1 aliphatic heterocycles. The van der Waals surface area contributed by atoms with Gasteiger partial charge in [0.1, 0.15) is 10.6 Å². The van der Waals surface area contributed by atoms with Crippen molar-refractivity contribution < 1.29 is 23.1 Å². The summed E-state index contributed by atoms with van der Waals surface area (Å²) in [4.78, 5) is 23.8. The van der Waals surface area contributed by atoms with E-state index in [9.17, 15) is 18.0 Å². The van der Waals surface area contributed by atoms with E-state index in [0.717, 1.165) is 12.1 Å². The smallest absolute Gasteiger partial charge is 0.352 e. The highest BCUT2D eigenvalue weighted by atomic mass is 32.2. The van der Waals surface area contributed by atoms with E-state index in [4.69, 9.17) is 5.11 Å². The van der Waals surface area contributed by atoms with Crippen LogP contribution in [0.15, 0.2) is 41.4 Å². The number of carboxylic acid groups (broad SMARTS) is 1. The Labute approximate surface area is 182 Å². The molecule has 1 aliphatic rings. The van der Waals surface area contributed by atoms with Gasteiger partial charge in [-0.2, -0.15) is 4.31 Å². The molecule has 168 valence electrons. The van der Waals surface area contributed by atoms with E-state index in [-0.39, 0.29) is 35.5 Å². The molecule has 1 saturated heterocycles. The molecule has 9 heteroatoms. The lowest BCUT2D eigenvalue weighted by atomic mass is 9.96. The summed E-state index contributed by atoms with van der Waals surface area (Å²) in [5.41, 5.74) is 1.87. The average molecular weight is 448 g/mol. The molecule has 0 bridgehead atoms. The average Bonchev–Trinajstić information content (AvgIpc) is 3.16. The van der Waals surface area contributed by atoms with E-state index in [1.165, 1.54) is 33.7 Å². The number of carbonyl (C=O) groups is 2. The number of rotatable bonds is 7. The number of benzene rings is 1. The van der Waals surface area contributed by atoms with Crippen molar-refractivity contribution in [1.29, 1.82) is 0 Å². The Bertz CT molecular complexity index is 1050. The largest absolute Gasteiger partial charge is 0.477 e. The van der Waals surface area contributed by atoms with Gasteiger partial charge in [-0.3, -0.25) is 4.79 Å². The van der Waals surface area contributed by atoms with Crippen LogP contribution in [0, 0.1) is 5.92 Å². The van der Waals surface area contributed by atoms with Gasteiger partial charge >= 0.3 is 5.97 Å². The fourth-order valence-corrected chi connectivity index (χ4v) is 5.31. The molecular weight excluding hydrogens is 418 g/mol. The van der Waals surface area contributed by atoms with Gasteiger partial charge in [0.05, 0.1) is 0 Å². The van der Waals surface area contributed by atoms with Crippen LogP contribution >= 0.6 is 0 Å². The highest BCUT2D eigenvalue weighted by molar-refractivity contribution is 7.89. The summed E-state index contributed by atoms with van der Waals surface area (Å²) in [7, 11) is -2.31. The number of aromatic nitrogens is 1. The van der Waals surface area contributed by atoms with Crippen LogP contribution in [-0.2, 0) is 21.9 Å². The van der Waals surface area contributed by atoms with Gasteiger partial charge in [0.2, 0.25) is 15.9 Å². The molecule has 1 aromatic carbocycles. The normalized spacial score (nSPS) is 16.7. The van der Waals surface area contributed by atoms with E-state index < -0.39 is 16.0 Å². The number of hydrogen-bond donors (Lipinski definition) is 2. The summed E-state index contributed by atoms with van der Waals surface area (Å²) in [5.74, 6) is -1.10. The monoisotopic (exact) mass is 447 g/mol. The molecule has 1 unspecified atom stereocenters. The molecule has 1 fully saturated rings. The number of piperidine rings is 1. The molecule has 2 aromatic rings. The number of anilines is 1. The highest BCUT2D eigenvalue weighted by Gasteiger charge is 2.33. The number of nitrogens with one attached hydrogen (secondary N) is 1. The molecule has 8 nitrogen and oxygen atoms in total. The van der Waals surface area contributed by atoms with Crippen molar-refractivity contribution in [3.63, 3.8) is 0 Å². The summed E-state index contributed by atoms with van der Waals surface area (Å²) in [6.07, 6.45) is 3.18. The Morgan fingerprint density at radius 2 is 1.81 bits per heavy atom. The molecule has 0 aliphatic carbocycles. The standard InChI is InChI=1S/C22H29N3O5S/c1-4-15(2)16-5-7-18(8-6-16)23-21(26)17-9-11-25(12-10-17)31(29,30)19-13-20(22(27)28)24(3)14-19/h5-8,13-15,17H,4,9-12H2,1-3H3,(H,23,26)(H,27,28). The molecule has 1 aromatic heterocycles. The minimum Gasteiger partial charge on any atom is -0.477 e. The van der Waals surface area contributed by atoms with Gasteiger partial charge < -0.3 is 15.0 Å². The molecule has 0 saturated carbocycles. The zero-order chi connectivity index (χ0) is 22.8. The molecule has 3 rings (SSSR count). The van der Waals surface area contributed by atoms with Crippen LogP contribution in [0.2, 0.25) is 0 Å². The number of aromatic carboxylic acids is 1. The number of carbonyl (C=O) groups excluding carboxylic acids is 1.